The fourth-order valence-electron chi connectivity index (χ4n) is 1.90. The lowest BCUT2D eigenvalue weighted by Gasteiger charge is -2.23. The van der Waals surface area contributed by atoms with Crippen LogP contribution in [0.25, 0.3) is 0 Å². The maximum absolute atomic E-state index is 11.7. The van der Waals surface area contributed by atoms with Crippen molar-refractivity contribution in [2.45, 2.75) is 20.0 Å². The average Bonchev–Trinajstić information content (AvgIpc) is 2.47. The van der Waals surface area contributed by atoms with Crippen LogP contribution in [0.3, 0.4) is 0 Å². The number of rotatable bonds is 4. The standard InChI is InChI=1S/C15H20N2O4/c1-10(2)9-21-15(19)17-12-5-3-11(4-6-12)13-14(18)16-7-8-20-13/h3-6,10,13H,7-9H2,1-2H3,(H,16,18)(H,17,19). The number of hydrogen-bond acceptors (Lipinski definition) is 4. The molecule has 2 N–H and O–H groups in total. The van der Waals surface area contributed by atoms with E-state index in [1.54, 1.807) is 24.3 Å². The zero-order chi connectivity index (χ0) is 15.2. The molecular weight excluding hydrogens is 272 g/mol. The summed E-state index contributed by atoms with van der Waals surface area (Å²) >= 11 is 0. The second kappa shape index (κ2) is 7.08. The lowest BCUT2D eigenvalue weighted by atomic mass is 10.1. The minimum absolute atomic E-state index is 0.140. The summed E-state index contributed by atoms with van der Waals surface area (Å²) in [5, 5.41) is 5.39. The van der Waals surface area contributed by atoms with Crippen molar-refractivity contribution >= 4 is 17.7 Å². The predicted octanol–water partition coefficient (Wildman–Crippen LogP) is 2.08. The topological polar surface area (TPSA) is 76.7 Å². The predicted molar refractivity (Wildman–Crippen MR) is 78.0 cm³/mol. The summed E-state index contributed by atoms with van der Waals surface area (Å²) in [6, 6.07) is 6.95. The molecule has 1 fully saturated rings. The maximum Gasteiger partial charge on any atom is 0.411 e. The maximum atomic E-state index is 11.7. The van der Waals surface area contributed by atoms with Crippen LogP contribution in [0.4, 0.5) is 10.5 Å². The van der Waals surface area contributed by atoms with E-state index in [2.05, 4.69) is 10.6 Å². The van der Waals surface area contributed by atoms with Gasteiger partial charge in [0.2, 0.25) is 0 Å². The van der Waals surface area contributed by atoms with E-state index in [4.69, 9.17) is 9.47 Å². The molecule has 0 bridgehead atoms. The normalized spacial score (nSPS) is 18.2. The van der Waals surface area contributed by atoms with Crippen LogP contribution in [0.1, 0.15) is 25.5 Å². The molecule has 1 atom stereocenters. The Balaban J connectivity index is 1.92. The van der Waals surface area contributed by atoms with E-state index in [-0.39, 0.29) is 5.91 Å². The van der Waals surface area contributed by atoms with Crippen LogP contribution in [0.2, 0.25) is 0 Å². The van der Waals surface area contributed by atoms with Crippen LogP contribution < -0.4 is 10.6 Å². The first-order valence-electron chi connectivity index (χ1n) is 6.99. The number of morpholine rings is 1. The van der Waals surface area contributed by atoms with E-state index in [1.807, 2.05) is 13.8 Å². The monoisotopic (exact) mass is 292 g/mol. The third-order valence-electron chi connectivity index (χ3n) is 2.93. The molecule has 0 saturated carbocycles. The van der Waals surface area contributed by atoms with Gasteiger partial charge in [0, 0.05) is 12.2 Å². The summed E-state index contributed by atoms with van der Waals surface area (Å²) in [4.78, 5) is 23.2. The Morgan fingerprint density at radius 3 is 2.76 bits per heavy atom. The number of carbonyl (C=O) groups is 2. The highest BCUT2D eigenvalue weighted by atomic mass is 16.5. The third-order valence-corrected chi connectivity index (χ3v) is 2.93. The molecular formula is C15H20N2O4. The molecule has 0 spiro atoms. The van der Waals surface area contributed by atoms with Gasteiger partial charge in [0.05, 0.1) is 13.2 Å². The van der Waals surface area contributed by atoms with Crippen LogP contribution in [0, 0.1) is 5.92 Å². The second-order valence-corrected chi connectivity index (χ2v) is 5.28. The fraction of sp³-hybridized carbons (Fsp3) is 0.467. The van der Waals surface area contributed by atoms with Crippen molar-refractivity contribution < 1.29 is 19.1 Å². The molecule has 1 unspecified atom stereocenters. The molecule has 6 heteroatoms. The van der Waals surface area contributed by atoms with E-state index in [1.165, 1.54) is 0 Å². The highest BCUT2D eigenvalue weighted by Gasteiger charge is 2.24. The van der Waals surface area contributed by atoms with Crippen molar-refractivity contribution in [3.8, 4) is 0 Å². The largest absolute Gasteiger partial charge is 0.449 e. The van der Waals surface area contributed by atoms with Crippen LogP contribution in [0.5, 0.6) is 0 Å². The molecule has 0 aliphatic carbocycles. The van der Waals surface area contributed by atoms with Crippen molar-refractivity contribution in [2.24, 2.45) is 5.92 Å². The number of nitrogens with one attached hydrogen (secondary N) is 2. The van der Waals surface area contributed by atoms with Gasteiger partial charge in [-0.1, -0.05) is 26.0 Å². The zero-order valence-corrected chi connectivity index (χ0v) is 12.2. The minimum Gasteiger partial charge on any atom is -0.449 e. The number of anilines is 1. The first kappa shape index (κ1) is 15.3. The average molecular weight is 292 g/mol. The van der Waals surface area contributed by atoms with Gasteiger partial charge in [-0.25, -0.2) is 4.79 Å². The van der Waals surface area contributed by atoms with E-state index in [0.717, 1.165) is 5.56 Å². The molecule has 1 aliphatic rings. The van der Waals surface area contributed by atoms with Gasteiger partial charge in [-0.05, 0) is 23.6 Å². The van der Waals surface area contributed by atoms with Crippen molar-refractivity contribution in [1.82, 2.24) is 5.32 Å². The SMILES string of the molecule is CC(C)COC(=O)Nc1ccc(C2OCCNC2=O)cc1. The molecule has 21 heavy (non-hydrogen) atoms. The molecule has 1 saturated heterocycles. The highest BCUT2D eigenvalue weighted by Crippen LogP contribution is 2.21. The van der Waals surface area contributed by atoms with Gasteiger partial charge in [-0.2, -0.15) is 0 Å². The van der Waals surface area contributed by atoms with Gasteiger partial charge in [-0.15, -0.1) is 0 Å². The first-order chi connectivity index (χ1) is 10.1. The van der Waals surface area contributed by atoms with E-state index in [9.17, 15) is 9.59 Å². The Kier molecular flexibility index (Phi) is 5.16. The summed E-state index contributed by atoms with van der Waals surface area (Å²) in [5.74, 6) is 0.151. The Morgan fingerprint density at radius 2 is 2.14 bits per heavy atom. The van der Waals surface area contributed by atoms with E-state index >= 15 is 0 Å². The van der Waals surface area contributed by atoms with Crippen molar-refractivity contribution in [1.29, 1.82) is 0 Å². The van der Waals surface area contributed by atoms with Gasteiger partial charge in [-0.3, -0.25) is 10.1 Å². The van der Waals surface area contributed by atoms with Crippen LogP contribution >= 0.6 is 0 Å². The van der Waals surface area contributed by atoms with E-state index < -0.39 is 12.2 Å². The van der Waals surface area contributed by atoms with Crippen LogP contribution in [-0.2, 0) is 14.3 Å². The molecule has 1 aliphatic heterocycles. The molecule has 1 aromatic rings. The fourth-order valence-corrected chi connectivity index (χ4v) is 1.90. The quantitative estimate of drug-likeness (QED) is 0.890. The molecule has 1 aromatic carbocycles. The third kappa shape index (κ3) is 4.46. The number of amides is 2. The Labute approximate surface area is 123 Å². The van der Waals surface area contributed by atoms with Crippen LogP contribution in [-0.4, -0.2) is 31.8 Å². The Morgan fingerprint density at radius 1 is 1.43 bits per heavy atom. The molecule has 1 heterocycles. The molecule has 6 nitrogen and oxygen atoms in total. The number of hydrogen-bond donors (Lipinski definition) is 2. The van der Waals surface area contributed by atoms with E-state index in [0.29, 0.717) is 31.4 Å². The summed E-state index contributed by atoms with van der Waals surface area (Å²) in [5.41, 5.74) is 1.37. The minimum atomic E-state index is -0.583. The first-order valence-corrected chi connectivity index (χ1v) is 6.99. The molecule has 2 rings (SSSR count). The highest BCUT2D eigenvalue weighted by molar-refractivity contribution is 5.85. The molecule has 114 valence electrons. The van der Waals surface area contributed by atoms with Crippen molar-refractivity contribution in [2.75, 3.05) is 25.1 Å². The zero-order valence-electron chi connectivity index (χ0n) is 12.2. The number of ether oxygens (including phenoxy) is 2. The lowest BCUT2D eigenvalue weighted by molar-refractivity contribution is -0.138. The van der Waals surface area contributed by atoms with Gasteiger partial charge in [0.25, 0.3) is 5.91 Å². The van der Waals surface area contributed by atoms with Crippen molar-refractivity contribution in [3.05, 3.63) is 29.8 Å². The summed E-state index contributed by atoms with van der Waals surface area (Å²) in [6.07, 6.45) is -1.07. The Bertz CT molecular complexity index is 499. The van der Waals surface area contributed by atoms with Gasteiger partial charge in [0.1, 0.15) is 0 Å². The molecule has 0 radical (unpaired) electrons. The van der Waals surface area contributed by atoms with Crippen LogP contribution in [0.15, 0.2) is 24.3 Å². The number of benzene rings is 1. The van der Waals surface area contributed by atoms with Gasteiger partial charge >= 0.3 is 6.09 Å². The lowest BCUT2D eigenvalue weighted by Crippen LogP contribution is -2.39. The van der Waals surface area contributed by atoms with Gasteiger partial charge < -0.3 is 14.8 Å². The second-order valence-electron chi connectivity index (χ2n) is 5.28. The summed E-state index contributed by atoms with van der Waals surface area (Å²) < 4.78 is 10.5. The van der Waals surface area contributed by atoms with Gasteiger partial charge in [0.15, 0.2) is 6.10 Å². The molecule has 0 aromatic heterocycles. The summed E-state index contributed by atoms with van der Waals surface area (Å²) in [6.45, 7) is 5.35. The molecule has 2 amide bonds. The van der Waals surface area contributed by atoms with Crippen molar-refractivity contribution in [3.63, 3.8) is 0 Å². The smallest absolute Gasteiger partial charge is 0.411 e. The number of carbonyl (C=O) groups excluding carboxylic acids is 2. The Hall–Kier alpha value is -2.08. The summed E-state index contributed by atoms with van der Waals surface area (Å²) in [7, 11) is 0.